The summed E-state index contributed by atoms with van der Waals surface area (Å²) in [7, 11) is -0.788. The Hall–Kier alpha value is -4.19. The van der Waals surface area contributed by atoms with Crippen molar-refractivity contribution in [3.8, 4) is 16.9 Å². The Bertz CT molecular complexity index is 1570. The Morgan fingerprint density at radius 3 is 2.41 bits per heavy atom. The molecule has 10 nitrogen and oxygen atoms in total. The van der Waals surface area contributed by atoms with Gasteiger partial charge in [-0.15, -0.1) is 0 Å². The summed E-state index contributed by atoms with van der Waals surface area (Å²) in [6, 6.07) is 9.73. The van der Waals surface area contributed by atoms with Gasteiger partial charge in [0.25, 0.3) is 0 Å². The van der Waals surface area contributed by atoms with Crippen LogP contribution in [0, 0.1) is 5.82 Å². The number of nitrogens with zero attached hydrogens (tertiary/aromatic N) is 2. The van der Waals surface area contributed by atoms with Crippen LogP contribution in [0.2, 0.25) is 0 Å². The average Bonchev–Trinajstić information content (AvgIpc) is 2.88. The highest BCUT2D eigenvalue weighted by molar-refractivity contribution is 7.90. The van der Waals surface area contributed by atoms with E-state index >= 15 is 0 Å². The number of carbonyl (C=O) groups is 2. The maximum Gasteiger partial charge on any atom is 0.410 e. The SMILES string of the molecule is COC(=O)c1ccc(F)cc1[C@@H](C)Oc1cc(-c2cc(S(C)(=O)=O)ccc2CN(C)C(=O)OC(C)(C)C)cnc1N. The monoisotopic (exact) mass is 587 g/mol. The minimum absolute atomic E-state index is 0.0170. The molecule has 1 aromatic heterocycles. The van der Waals surface area contributed by atoms with Crippen LogP contribution < -0.4 is 10.5 Å². The van der Waals surface area contributed by atoms with E-state index in [1.54, 1.807) is 46.9 Å². The third kappa shape index (κ3) is 7.94. The number of methoxy groups -OCH3 is 1. The Kier molecular flexibility index (Phi) is 9.27. The van der Waals surface area contributed by atoms with Crippen LogP contribution in [0.25, 0.3) is 11.1 Å². The topological polar surface area (TPSA) is 138 Å². The van der Waals surface area contributed by atoms with Gasteiger partial charge >= 0.3 is 12.1 Å². The summed E-state index contributed by atoms with van der Waals surface area (Å²) < 4.78 is 55.1. The van der Waals surface area contributed by atoms with E-state index in [-0.39, 0.29) is 34.1 Å². The fraction of sp³-hybridized carbons (Fsp3) is 0.345. The van der Waals surface area contributed by atoms with E-state index in [2.05, 4.69) is 4.98 Å². The number of hydrogen-bond donors (Lipinski definition) is 1. The van der Waals surface area contributed by atoms with Crippen LogP contribution in [0.5, 0.6) is 5.75 Å². The summed E-state index contributed by atoms with van der Waals surface area (Å²) >= 11 is 0. The van der Waals surface area contributed by atoms with Crippen LogP contribution in [-0.4, -0.2) is 56.4 Å². The van der Waals surface area contributed by atoms with Crippen molar-refractivity contribution in [1.29, 1.82) is 0 Å². The predicted octanol–water partition coefficient (Wildman–Crippen LogP) is 5.17. The smallest absolute Gasteiger partial charge is 0.410 e. The number of hydrogen-bond acceptors (Lipinski definition) is 9. The molecular weight excluding hydrogens is 553 g/mol. The predicted molar refractivity (Wildman–Crippen MR) is 152 cm³/mol. The van der Waals surface area contributed by atoms with Gasteiger partial charge in [-0.1, -0.05) is 6.07 Å². The maximum absolute atomic E-state index is 14.1. The Labute approximate surface area is 239 Å². The first kappa shape index (κ1) is 31.3. The van der Waals surface area contributed by atoms with Gasteiger partial charge in [0.05, 0.1) is 17.6 Å². The third-order valence-electron chi connectivity index (χ3n) is 5.98. The standard InChI is InChI=1S/C29H34FN3O7S/c1-17(23-13-20(30)9-11-22(23)27(34)38-6)39-25-12-19(15-32-26(25)31)24-14-21(41(7,36)37)10-8-18(24)16-33(5)28(35)40-29(2,3)4/h8-15,17H,16H2,1-7H3,(H2,31,32)/t17-/m1/s1. The molecule has 0 aliphatic rings. The number of carbonyl (C=O) groups excluding carboxylic acids is 2. The molecule has 0 aliphatic carbocycles. The average molecular weight is 588 g/mol. The molecule has 0 bridgehead atoms. The summed E-state index contributed by atoms with van der Waals surface area (Å²) in [6.45, 7) is 6.97. The molecule has 1 heterocycles. The van der Waals surface area contributed by atoms with Crippen molar-refractivity contribution in [2.24, 2.45) is 0 Å². The molecule has 2 aromatic carbocycles. The molecule has 1 atom stereocenters. The minimum atomic E-state index is -3.57. The normalized spacial score (nSPS) is 12.4. The summed E-state index contributed by atoms with van der Waals surface area (Å²) in [5, 5.41) is 0. The first-order valence-corrected chi connectivity index (χ1v) is 14.5. The molecule has 1 amide bonds. The zero-order chi connectivity index (χ0) is 30.7. The minimum Gasteiger partial charge on any atom is -0.482 e. The van der Waals surface area contributed by atoms with E-state index in [0.29, 0.717) is 16.7 Å². The summed E-state index contributed by atoms with van der Waals surface area (Å²) in [6.07, 6.45) is 1.14. The molecule has 0 saturated carbocycles. The molecule has 0 fully saturated rings. The van der Waals surface area contributed by atoms with Crippen molar-refractivity contribution in [2.45, 2.75) is 50.8 Å². The molecule has 0 radical (unpaired) electrons. The van der Waals surface area contributed by atoms with Gasteiger partial charge in [0.15, 0.2) is 21.4 Å². The van der Waals surface area contributed by atoms with Crippen molar-refractivity contribution in [3.05, 3.63) is 71.2 Å². The molecule has 220 valence electrons. The fourth-order valence-corrected chi connectivity index (χ4v) is 4.62. The van der Waals surface area contributed by atoms with E-state index in [1.165, 1.54) is 42.5 Å². The van der Waals surface area contributed by atoms with E-state index in [4.69, 9.17) is 19.9 Å². The number of sulfone groups is 1. The molecular formula is C29H34FN3O7S. The zero-order valence-corrected chi connectivity index (χ0v) is 24.8. The number of halogens is 1. The van der Waals surface area contributed by atoms with Crippen molar-refractivity contribution < 1.29 is 36.6 Å². The summed E-state index contributed by atoms with van der Waals surface area (Å²) in [5.74, 6) is -1.10. The van der Waals surface area contributed by atoms with Crippen LogP contribution in [0.15, 0.2) is 53.6 Å². The fourth-order valence-electron chi connectivity index (χ4n) is 3.97. The number of nitrogen functional groups attached to an aromatic ring is 1. The molecule has 12 heteroatoms. The molecule has 41 heavy (non-hydrogen) atoms. The lowest BCUT2D eigenvalue weighted by atomic mass is 10.00. The molecule has 3 aromatic rings. The van der Waals surface area contributed by atoms with E-state index in [9.17, 15) is 22.4 Å². The third-order valence-corrected chi connectivity index (χ3v) is 7.09. The van der Waals surface area contributed by atoms with Crippen molar-refractivity contribution in [2.75, 3.05) is 26.1 Å². The second kappa shape index (κ2) is 12.1. The molecule has 3 rings (SSSR count). The van der Waals surface area contributed by atoms with Crippen LogP contribution in [0.3, 0.4) is 0 Å². The summed E-state index contributed by atoms with van der Waals surface area (Å²) in [4.78, 5) is 30.5. The first-order valence-electron chi connectivity index (χ1n) is 12.6. The maximum atomic E-state index is 14.1. The van der Waals surface area contributed by atoms with Gasteiger partial charge in [-0.25, -0.2) is 27.4 Å². The first-order chi connectivity index (χ1) is 19.0. The van der Waals surface area contributed by atoms with Gasteiger partial charge in [0, 0.05) is 37.2 Å². The highest BCUT2D eigenvalue weighted by Gasteiger charge is 2.23. The zero-order valence-electron chi connectivity index (χ0n) is 24.0. The van der Waals surface area contributed by atoms with Gasteiger partial charge in [0.1, 0.15) is 17.5 Å². The lowest BCUT2D eigenvalue weighted by molar-refractivity contribution is 0.0285. The molecule has 2 N–H and O–H groups in total. The highest BCUT2D eigenvalue weighted by atomic mass is 32.2. The highest BCUT2D eigenvalue weighted by Crippen LogP contribution is 2.34. The number of amides is 1. The Morgan fingerprint density at radius 1 is 1.12 bits per heavy atom. The number of esters is 1. The molecule has 0 aliphatic heterocycles. The van der Waals surface area contributed by atoms with Gasteiger partial charge in [-0.05, 0) is 75.2 Å². The lowest BCUT2D eigenvalue weighted by Gasteiger charge is -2.25. The van der Waals surface area contributed by atoms with Gasteiger partial charge in [-0.3, -0.25) is 0 Å². The van der Waals surface area contributed by atoms with E-state index < -0.39 is 39.4 Å². The number of rotatable bonds is 8. The van der Waals surface area contributed by atoms with Gasteiger partial charge in [-0.2, -0.15) is 0 Å². The largest absolute Gasteiger partial charge is 0.482 e. The molecule has 0 saturated heterocycles. The van der Waals surface area contributed by atoms with E-state index in [0.717, 1.165) is 12.3 Å². The number of ether oxygens (including phenoxy) is 3. The molecule has 0 unspecified atom stereocenters. The molecule has 0 spiro atoms. The van der Waals surface area contributed by atoms with Gasteiger partial charge in [0.2, 0.25) is 0 Å². The van der Waals surface area contributed by atoms with Gasteiger partial charge < -0.3 is 24.8 Å². The summed E-state index contributed by atoms with van der Waals surface area (Å²) in [5.41, 5.74) is 7.28. The number of benzene rings is 2. The Balaban J connectivity index is 2.05. The second-order valence-corrected chi connectivity index (χ2v) is 12.5. The number of nitrogens with two attached hydrogens (primary N) is 1. The number of anilines is 1. The van der Waals surface area contributed by atoms with Crippen molar-refractivity contribution in [1.82, 2.24) is 9.88 Å². The second-order valence-electron chi connectivity index (χ2n) is 10.5. The number of aromatic nitrogens is 1. The van der Waals surface area contributed by atoms with Crippen LogP contribution in [0.4, 0.5) is 15.0 Å². The van der Waals surface area contributed by atoms with Crippen LogP contribution in [0.1, 0.15) is 55.3 Å². The van der Waals surface area contributed by atoms with Crippen molar-refractivity contribution >= 4 is 27.7 Å². The van der Waals surface area contributed by atoms with E-state index in [1.807, 2.05) is 0 Å². The Morgan fingerprint density at radius 2 is 1.80 bits per heavy atom. The number of pyridine rings is 1. The lowest BCUT2D eigenvalue weighted by Crippen LogP contribution is -2.33. The quantitative estimate of drug-likeness (QED) is 0.354. The van der Waals surface area contributed by atoms with Crippen molar-refractivity contribution in [3.63, 3.8) is 0 Å². The van der Waals surface area contributed by atoms with Crippen LogP contribution in [-0.2, 0) is 25.9 Å². The van der Waals surface area contributed by atoms with Crippen LogP contribution >= 0.6 is 0 Å².